The molecule has 2 aromatic rings. The van der Waals surface area contributed by atoms with Gasteiger partial charge in [0.15, 0.2) is 0 Å². The third kappa shape index (κ3) is 2.26. The molecule has 1 atom stereocenters. The maximum atomic E-state index is 12.0. The average Bonchev–Trinajstić information content (AvgIpc) is 2.99. The van der Waals surface area contributed by atoms with E-state index in [0.717, 1.165) is 22.7 Å². The van der Waals surface area contributed by atoms with E-state index >= 15 is 0 Å². The van der Waals surface area contributed by atoms with E-state index in [2.05, 4.69) is 15.6 Å². The van der Waals surface area contributed by atoms with Gasteiger partial charge in [0.25, 0.3) is 0 Å². The van der Waals surface area contributed by atoms with Gasteiger partial charge in [0.1, 0.15) is 0 Å². The molecule has 7 heteroatoms. The van der Waals surface area contributed by atoms with Crippen LogP contribution in [0, 0.1) is 0 Å². The Bertz CT molecular complexity index is 685. The van der Waals surface area contributed by atoms with Gasteiger partial charge >= 0.3 is 5.69 Å². The van der Waals surface area contributed by atoms with Crippen molar-refractivity contribution in [3.05, 3.63) is 28.7 Å². The molecule has 1 amide bonds. The number of fused-ring (bicyclic) bond motifs is 1. The molecular formula is C12H14N4O2S. The highest BCUT2D eigenvalue weighted by molar-refractivity contribution is 7.99. The maximum Gasteiger partial charge on any atom is 0.326 e. The molecular weight excluding hydrogens is 264 g/mol. The number of benzene rings is 1. The summed E-state index contributed by atoms with van der Waals surface area (Å²) in [4.78, 5) is 26.2. The van der Waals surface area contributed by atoms with E-state index < -0.39 is 0 Å². The van der Waals surface area contributed by atoms with Crippen molar-refractivity contribution in [3.63, 3.8) is 0 Å². The van der Waals surface area contributed by atoms with Crippen LogP contribution in [0.3, 0.4) is 0 Å². The molecule has 1 saturated heterocycles. The molecule has 1 aromatic carbocycles. The molecule has 1 aliphatic rings. The number of aryl methyl sites for hydroxylation is 1. The van der Waals surface area contributed by atoms with Crippen LogP contribution in [0.5, 0.6) is 0 Å². The zero-order valence-corrected chi connectivity index (χ0v) is 11.2. The van der Waals surface area contributed by atoms with Crippen LogP contribution < -0.4 is 16.3 Å². The fraction of sp³-hybridized carbons (Fsp3) is 0.333. The summed E-state index contributed by atoms with van der Waals surface area (Å²) in [5.74, 6) is 1.56. The first-order chi connectivity index (χ1) is 9.15. The number of carbonyl (C=O) groups is 1. The Morgan fingerprint density at radius 1 is 1.53 bits per heavy atom. The first-order valence-corrected chi connectivity index (χ1v) is 7.11. The highest BCUT2D eigenvalue weighted by Crippen LogP contribution is 2.17. The highest BCUT2D eigenvalue weighted by Gasteiger charge is 2.22. The van der Waals surface area contributed by atoms with Crippen LogP contribution in [-0.4, -0.2) is 33.1 Å². The molecule has 0 radical (unpaired) electrons. The number of anilines is 1. The molecule has 1 unspecified atom stereocenters. The van der Waals surface area contributed by atoms with Gasteiger partial charge in [-0.15, -0.1) is 11.8 Å². The van der Waals surface area contributed by atoms with E-state index in [4.69, 9.17) is 0 Å². The van der Waals surface area contributed by atoms with E-state index in [1.54, 1.807) is 30.9 Å². The van der Waals surface area contributed by atoms with Crippen LogP contribution >= 0.6 is 11.8 Å². The van der Waals surface area contributed by atoms with E-state index in [1.807, 2.05) is 6.07 Å². The number of hydrogen-bond acceptors (Lipinski definition) is 4. The van der Waals surface area contributed by atoms with Crippen molar-refractivity contribution in [1.82, 2.24) is 14.9 Å². The topological polar surface area (TPSA) is 78.9 Å². The summed E-state index contributed by atoms with van der Waals surface area (Å²) >= 11 is 1.71. The minimum atomic E-state index is -0.160. The highest BCUT2D eigenvalue weighted by atomic mass is 32.2. The molecule has 1 aliphatic heterocycles. The number of carbonyl (C=O) groups excluding carboxylic acids is 1. The number of imidazole rings is 1. The van der Waals surface area contributed by atoms with Crippen molar-refractivity contribution >= 4 is 34.4 Å². The lowest BCUT2D eigenvalue weighted by molar-refractivity contribution is -0.117. The second-order valence-electron chi connectivity index (χ2n) is 4.48. The van der Waals surface area contributed by atoms with E-state index in [-0.39, 0.29) is 17.6 Å². The predicted octanol–water partition coefficient (Wildman–Crippen LogP) is 0.468. The Hall–Kier alpha value is -1.73. The molecule has 3 rings (SSSR count). The van der Waals surface area contributed by atoms with Gasteiger partial charge in [0.05, 0.1) is 17.1 Å². The van der Waals surface area contributed by atoms with Crippen LogP contribution in [0.2, 0.25) is 0 Å². The lowest BCUT2D eigenvalue weighted by atomic mass is 10.2. The van der Waals surface area contributed by atoms with Gasteiger partial charge in [-0.1, -0.05) is 0 Å². The molecule has 1 aromatic heterocycles. The van der Waals surface area contributed by atoms with Crippen LogP contribution in [-0.2, 0) is 11.8 Å². The van der Waals surface area contributed by atoms with Crippen molar-refractivity contribution in [2.75, 3.05) is 16.9 Å². The number of nitrogens with one attached hydrogen (secondary N) is 3. The molecule has 2 heterocycles. The van der Waals surface area contributed by atoms with Crippen LogP contribution in [0.25, 0.3) is 11.0 Å². The number of thioether (sulfide) groups is 1. The summed E-state index contributed by atoms with van der Waals surface area (Å²) in [6.45, 7) is 0. The molecule has 1 fully saturated rings. The summed E-state index contributed by atoms with van der Waals surface area (Å²) in [7, 11) is 1.71. The first-order valence-electron chi connectivity index (χ1n) is 5.96. The van der Waals surface area contributed by atoms with Gasteiger partial charge in [0.2, 0.25) is 5.91 Å². The second kappa shape index (κ2) is 4.75. The molecule has 19 heavy (non-hydrogen) atoms. The molecule has 3 N–H and O–H groups in total. The van der Waals surface area contributed by atoms with Crippen LogP contribution in [0.15, 0.2) is 23.0 Å². The van der Waals surface area contributed by atoms with Gasteiger partial charge in [0, 0.05) is 24.4 Å². The van der Waals surface area contributed by atoms with Crippen molar-refractivity contribution in [3.8, 4) is 0 Å². The summed E-state index contributed by atoms with van der Waals surface area (Å²) < 4.78 is 1.54. The molecule has 100 valence electrons. The molecule has 0 bridgehead atoms. The van der Waals surface area contributed by atoms with Gasteiger partial charge in [-0.05, 0) is 18.2 Å². The van der Waals surface area contributed by atoms with Crippen molar-refractivity contribution in [1.29, 1.82) is 0 Å². The monoisotopic (exact) mass is 278 g/mol. The Morgan fingerprint density at radius 3 is 3.11 bits per heavy atom. The maximum absolute atomic E-state index is 12.0. The smallest absolute Gasteiger partial charge is 0.325 e. The minimum Gasteiger partial charge on any atom is -0.325 e. The van der Waals surface area contributed by atoms with Crippen LogP contribution in [0.1, 0.15) is 0 Å². The summed E-state index contributed by atoms with van der Waals surface area (Å²) in [6, 6.07) is 5.25. The largest absolute Gasteiger partial charge is 0.326 e. The van der Waals surface area contributed by atoms with Gasteiger partial charge in [-0.2, -0.15) is 0 Å². The number of nitrogens with zero attached hydrogens (tertiary/aromatic N) is 1. The normalized spacial score (nSPS) is 18.9. The predicted molar refractivity (Wildman–Crippen MR) is 76.4 cm³/mol. The van der Waals surface area contributed by atoms with E-state index in [0.29, 0.717) is 5.69 Å². The van der Waals surface area contributed by atoms with Crippen molar-refractivity contribution in [2.24, 2.45) is 7.05 Å². The molecule has 0 saturated carbocycles. The van der Waals surface area contributed by atoms with Gasteiger partial charge in [-0.3, -0.25) is 14.7 Å². The van der Waals surface area contributed by atoms with Crippen molar-refractivity contribution < 1.29 is 4.79 Å². The fourth-order valence-electron chi connectivity index (χ4n) is 2.11. The minimum absolute atomic E-state index is 0.0392. The SMILES string of the molecule is Cn1c(=O)[nH]c2cc(NC(=O)C3CSCN3)ccc21. The number of amides is 1. The van der Waals surface area contributed by atoms with E-state index in [1.165, 1.54) is 4.57 Å². The van der Waals surface area contributed by atoms with E-state index in [9.17, 15) is 9.59 Å². The lowest BCUT2D eigenvalue weighted by Gasteiger charge is -2.10. The quantitative estimate of drug-likeness (QED) is 0.746. The third-order valence-electron chi connectivity index (χ3n) is 3.20. The number of aromatic nitrogens is 2. The summed E-state index contributed by atoms with van der Waals surface area (Å²) in [6.07, 6.45) is 0. The Morgan fingerprint density at radius 2 is 2.37 bits per heavy atom. The number of H-pyrrole nitrogens is 1. The van der Waals surface area contributed by atoms with Gasteiger partial charge < -0.3 is 10.3 Å². The number of hydrogen-bond donors (Lipinski definition) is 3. The number of rotatable bonds is 2. The zero-order valence-electron chi connectivity index (χ0n) is 10.4. The summed E-state index contributed by atoms with van der Waals surface area (Å²) in [5, 5.41) is 5.97. The Balaban J connectivity index is 1.85. The first kappa shape index (κ1) is 12.3. The van der Waals surface area contributed by atoms with Crippen molar-refractivity contribution in [2.45, 2.75) is 6.04 Å². The Labute approximate surface area is 113 Å². The molecule has 0 spiro atoms. The Kier molecular flexibility index (Phi) is 3.08. The fourth-order valence-corrected chi connectivity index (χ4v) is 3.05. The standard InChI is InChI=1S/C12H14N4O2S/c1-16-10-3-2-7(4-8(10)15-12(16)18)14-11(17)9-5-19-6-13-9/h2-4,9,13H,5-6H2,1H3,(H,14,17)(H,15,18). The summed E-state index contributed by atoms with van der Waals surface area (Å²) in [5.41, 5.74) is 2.07. The number of aromatic amines is 1. The average molecular weight is 278 g/mol. The lowest BCUT2D eigenvalue weighted by Crippen LogP contribution is -2.37. The zero-order chi connectivity index (χ0) is 13.4. The second-order valence-corrected chi connectivity index (χ2v) is 5.51. The third-order valence-corrected chi connectivity index (χ3v) is 4.14. The van der Waals surface area contributed by atoms with Gasteiger partial charge in [-0.25, -0.2) is 4.79 Å². The van der Waals surface area contributed by atoms with Crippen LogP contribution in [0.4, 0.5) is 5.69 Å². The molecule has 6 nitrogen and oxygen atoms in total. The molecule has 0 aliphatic carbocycles.